The fourth-order valence-corrected chi connectivity index (χ4v) is 3.99. The largest absolute Gasteiger partial charge is 0.395 e. The molecular weight excluding hydrogens is 286 g/mol. The number of nitrogen functional groups attached to an aromatic ring is 1. The minimum absolute atomic E-state index is 0.745. The Morgan fingerprint density at radius 1 is 1.33 bits per heavy atom. The van der Waals surface area contributed by atoms with E-state index in [0.29, 0.717) is 0 Å². The van der Waals surface area contributed by atoms with Crippen LogP contribution >= 0.6 is 34.9 Å². The van der Waals surface area contributed by atoms with Crippen LogP contribution < -0.4 is 5.73 Å². The van der Waals surface area contributed by atoms with Gasteiger partial charge in [-0.2, -0.15) is 5.10 Å². The van der Waals surface area contributed by atoms with Gasteiger partial charge >= 0.3 is 0 Å². The summed E-state index contributed by atoms with van der Waals surface area (Å²) in [7, 11) is 0. The van der Waals surface area contributed by atoms with E-state index in [1.807, 2.05) is 17.9 Å². The molecule has 18 heavy (non-hydrogen) atoms. The maximum atomic E-state index is 6.07. The summed E-state index contributed by atoms with van der Waals surface area (Å²) < 4.78 is 3.83. The van der Waals surface area contributed by atoms with Crippen molar-refractivity contribution in [3.8, 4) is 0 Å². The van der Waals surface area contributed by atoms with Gasteiger partial charge in [0, 0.05) is 6.54 Å². The Hall–Kier alpha value is -0.730. The van der Waals surface area contributed by atoms with E-state index in [0.717, 1.165) is 38.1 Å². The summed E-state index contributed by atoms with van der Waals surface area (Å²) in [5.41, 5.74) is 7.69. The smallest absolute Gasteiger partial charge is 0.181 e. The minimum atomic E-state index is 0.745. The van der Waals surface area contributed by atoms with E-state index in [2.05, 4.69) is 22.2 Å². The van der Waals surface area contributed by atoms with Crippen LogP contribution in [0.3, 0.4) is 0 Å². The molecule has 0 saturated carbocycles. The second kappa shape index (κ2) is 5.94. The molecule has 2 N–H and O–H groups in total. The van der Waals surface area contributed by atoms with E-state index in [4.69, 9.17) is 5.73 Å². The molecular formula is C10H15N5S3. The van der Waals surface area contributed by atoms with Crippen molar-refractivity contribution in [2.75, 3.05) is 12.0 Å². The Kier molecular flexibility index (Phi) is 4.52. The molecule has 98 valence electrons. The van der Waals surface area contributed by atoms with Crippen LogP contribution in [-0.4, -0.2) is 26.2 Å². The first-order valence-electron chi connectivity index (χ1n) is 5.54. The van der Waals surface area contributed by atoms with Gasteiger partial charge in [-0.1, -0.05) is 30.0 Å². The van der Waals surface area contributed by atoms with E-state index in [-0.39, 0.29) is 0 Å². The van der Waals surface area contributed by atoms with E-state index in [9.17, 15) is 0 Å². The van der Waals surface area contributed by atoms with E-state index < -0.39 is 0 Å². The number of nitrogens with zero attached hydrogens (tertiary/aromatic N) is 4. The molecule has 0 aromatic carbocycles. The van der Waals surface area contributed by atoms with Crippen molar-refractivity contribution in [2.45, 2.75) is 40.5 Å². The third kappa shape index (κ3) is 2.81. The van der Waals surface area contributed by atoms with Crippen molar-refractivity contribution >= 4 is 40.5 Å². The average molecular weight is 301 g/mol. The Balaban J connectivity index is 2.26. The van der Waals surface area contributed by atoms with Crippen molar-refractivity contribution < 1.29 is 0 Å². The number of nitrogens with two attached hydrogens (primary N) is 1. The molecule has 2 aromatic heterocycles. The number of hydrogen-bond donors (Lipinski definition) is 1. The second-order valence-corrected chi connectivity index (χ2v) is 6.93. The number of anilines is 1. The summed E-state index contributed by atoms with van der Waals surface area (Å²) in [6.07, 6.45) is 3.02. The molecule has 0 bridgehead atoms. The lowest BCUT2D eigenvalue weighted by atomic mass is 10.4. The van der Waals surface area contributed by atoms with Crippen LogP contribution in [0.4, 0.5) is 5.69 Å². The number of aryl methyl sites for hydroxylation is 2. The Morgan fingerprint density at radius 2 is 2.06 bits per heavy atom. The normalized spacial score (nSPS) is 11.1. The maximum absolute atomic E-state index is 6.07. The molecule has 2 aromatic rings. The summed E-state index contributed by atoms with van der Waals surface area (Å²) >= 11 is 4.73. The third-order valence-corrected chi connectivity index (χ3v) is 5.38. The first-order valence-corrected chi connectivity index (χ1v) is 8.39. The molecule has 2 heterocycles. The molecule has 5 nitrogen and oxygen atoms in total. The number of aromatic nitrogens is 4. The molecule has 0 amide bonds. The van der Waals surface area contributed by atoms with Gasteiger partial charge in [-0.3, -0.25) is 4.68 Å². The third-order valence-electron chi connectivity index (χ3n) is 2.31. The highest BCUT2D eigenvalue weighted by atomic mass is 32.2. The predicted octanol–water partition coefficient (Wildman–Crippen LogP) is 2.91. The Labute approximate surface area is 119 Å². The Morgan fingerprint density at radius 3 is 2.67 bits per heavy atom. The fraction of sp³-hybridized carbons (Fsp3) is 0.500. The average Bonchev–Trinajstić information content (AvgIpc) is 2.91. The summed E-state index contributed by atoms with van der Waals surface area (Å²) in [6.45, 7) is 4.92. The van der Waals surface area contributed by atoms with Crippen LogP contribution in [0, 0.1) is 6.92 Å². The molecule has 0 radical (unpaired) electrons. The van der Waals surface area contributed by atoms with Crippen LogP contribution in [-0.2, 0) is 6.54 Å². The van der Waals surface area contributed by atoms with Gasteiger partial charge in [0.25, 0.3) is 0 Å². The number of thioether (sulfide) groups is 1. The molecule has 0 saturated heterocycles. The van der Waals surface area contributed by atoms with E-state index >= 15 is 0 Å². The molecule has 0 fully saturated rings. The first kappa shape index (κ1) is 13.7. The highest BCUT2D eigenvalue weighted by molar-refractivity contribution is 8.03. The second-order valence-electron chi connectivity index (χ2n) is 3.67. The molecule has 0 spiro atoms. The summed E-state index contributed by atoms with van der Waals surface area (Å²) in [4.78, 5) is 0. The molecule has 0 aliphatic heterocycles. The van der Waals surface area contributed by atoms with E-state index in [1.54, 1.807) is 34.9 Å². The molecule has 8 heteroatoms. The zero-order valence-corrected chi connectivity index (χ0v) is 13.0. The van der Waals surface area contributed by atoms with Crippen LogP contribution in [0.1, 0.15) is 19.0 Å². The standard InChI is InChI=1S/C10H15N5S3/c1-4-5-15-8(7(11)6(2)14-15)17-10-13-12-9(16-3)18-10/h4-5,11H2,1-3H3. The lowest BCUT2D eigenvalue weighted by Gasteiger charge is -2.03. The van der Waals surface area contributed by atoms with Crippen LogP contribution in [0.15, 0.2) is 13.7 Å². The lowest BCUT2D eigenvalue weighted by Crippen LogP contribution is -2.01. The topological polar surface area (TPSA) is 69.6 Å². The quantitative estimate of drug-likeness (QED) is 0.856. The van der Waals surface area contributed by atoms with Gasteiger partial charge in [0.2, 0.25) is 0 Å². The highest BCUT2D eigenvalue weighted by Crippen LogP contribution is 2.36. The van der Waals surface area contributed by atoms with Crippen molar-refractivity contribution in [3.63, 3.8) is 0 Å². The van der Waals surface area contributed by atoms with Gasteiger partial charge in [-0.25, -0.2) is 0 Å². The maximum Gasteiger partial charge on any atom is 0.181 e. The first-order chi connectivity index (χ1) is 8.65. The van der Waals surface area contributed by atoms with Crippen molar-refractivity contribution in [3.05, 3.63) is 5.69 Å². The SMILES string of the molecule is CCCn1nc(C)c(N)c1Sc1nnc(SC)s1. The van der Waals surface area contributed by atoms with Crippen LogP contribution in [0.2, 0.25) is 0 Å². The predicted molar refractivity (Wildman–Crippen MR) is 77.5 cm³/mol. The molecule has 0 aliphatic carbocycles. The summed E-state index contributed by atoms with van der Waals surface area (Å²) in [6, 6.07) is 0. The monoisotopic (exact) mass is 301 g/mol. The van der Waals surface area contributed by atoms with Gasteiger partial charge in [-0.05, 0) is 31.4 Å². The molecule has 0 unspecified atom stereocenters. The van der Waals surface area contributed by atoms with Gasteiger partial charge in [0.05, 0.1) is 11.4 Å². The van der Waals surface area contributed by atoms with Gasteiger partial charge in [-0.15, -0.1) is 10.2 Å². The highest BCUT2D eigenvalue weighted by Gasteiger charge is 2.15. The zero-order chi connectivity index (χ0) is 13.1. The summed E-state index contributed by atoms with van der Waals surface area (Å²) in [5.74, 6) is 0. The summed E-state index contributed by atoms with van der Waals surface area (Å²) in [5, 5.41) is 13.6. The minimum Gasteiger partial charge on any atom is -0.395 e. The zero-order valence-electron chi connectivity index (χ0n) is 10.5. The molecule has 2 rings (SSSR count). The Bertz CT molecular complexity index is 534. The van der Waals surface area contributed by atoms with Gasteiger partial charge < -0.3 is 5.73 Å². The fourth-order valence-electron chi connectivity index (χ4n) is 1.45. The van der Waals surface area contributed by atoms with Crippen molar-refractivity contribution in [2.24, 2.45) is 0 Å². The van der Waals surface area contributed by atoms with Crippen LogP contribution in [0.5, 0.6) is 0 Å². The van der Waals surface area contributed by atoms with Crippen molar-refractivity contribution in [1.29, 1.82) is 0 Å². The number of hydrogen-bond acceptors (Lipinski definition) is 7. The molecule has 0 aliphatic rings. The van der Waals surface area contributed by atoms with Crippen molar-refractivity contribution in [1.82, 2.24) is 20.0 Å². The molecule has 0 atom stereocenters. The van der Waals surface area contributed by atoms with E-state index in [1.165, 1.54) is 0 Å². The van der Waals surface area contributed by atoms with Gasteiger partial charge in [0.15, 0.2) is 8.68 Å². The van der Waals surface area contributed by atoms with Crippen LogP contribution in [0.25, 0.3) is 0 Å². The number of rotatable bonds is 5. The van der Waals surface area contributed by atoms with Gasteiger partial charge in [0.1, 0.15) is 5.03 Å². The lowest BCUT2D eigenvalue weighted by molar-refractivity contribution is 0.556.